The van der Waals surface area contributed by atoms with Crippen molar-refractivity contribution < 1.29 is 19.4 Å². The molecule has 1 saturated heterocycles. The van der Waals surface area contributed by atoms with Gasteiger partial charge in [0, 0.05) is 13.7 Å². The van der Waals surface area contributed by atoms with Gasteiger partial charge in [-0.15, -0.1) is 0 Å². The molecule has 2 amide bonds. The van der Waals surface area contributed by atoms with E-state index in [2.05, 4.69) is 5.32 Å². The van der Waals surface area contributed by atoms with Crippen molar-refractivity contribution in [2.75, 3.05) is 13.7 Å². The SMILES string of the molecule is CC1OCCC1N(C)C(=O)N[C@@H](C(=O)O)C(C)C. The summed E-state index contributed by atoms with van der Waals surface area (Å²) in [5, 5.41) is 11.6. The number of aliphatic carboxylic acids is 1. The molecule has 0 bridgehead atoms. The molecule has 0 saturated carbocycles. The van der Waals surface area contributed by atoms with Crippen molar-refractivity contribution in [2.45, 2.75) is 45.4 Å². The zero-order valence-corrected chi connectivity index (χ0v) is 11.3. The molecule has 1 aliphatic heterocycles. The first-order valence-corrected chi connectivity index (χ1v) is 6.22. The van der Waals surface area contributed by atoms with Crippen LogP contribution in [0.4, 0.5) is 4.79 Å². The number of urea groups is 1. The van der Waals surface area contributed by atoms with Crippen LogP contribution in [0, 0.1) is 5.92 Å². The summed E-state index contributed by atoms with van der Waals surface area (Å²) < 4.78 is 5.40. The van der Waals surface area contributed by atoms with E-state index in [4.69, 9.17) is 9.84 Å². The highest BCUT2D eigenvalue weighted by atomic mass is 16.5. The number of amides is 2. The Morgan fingerprint density at radius 3 is 2.44 bits per heavy atom. The number of carboxylic acid groups (broad SMARTS) is 1. The second kappa shape index (κ2) is 6.04. The molecule has 18 heavy (non-hydrogen) atoms. The Morgan fingerprint density at radius 1 is 1.44 bits per heavy atom. The number of nitrogens with one attached hydrogen (secondary N) is 1. The standard InChI is InChI=1S/C12H22N2O4/c1-7(2)10(11(15)16)13-12(17)14(4)9-5-6-18-8(9)3/h7-10H,5-6H2,1-4H3,(H,13,17)(H,15,16)/t8?,9?,10-/m1/s1. The summed E-state index contributed by atoms with van der Waals surface area (Å²) in [6.45, 7) is 6.08. The van der Waals surface area contributed by atoms with Crippen LogP contribution in [-0.2, 0) is 9.53 Å². The molecule has 0 spiro atoms. The number of likely N-dealkylation sites (N-methyl/N-ethyl adjacent to an activating group) is 1. The highest BCUT2D eigenvalue weighted by Gasteiger charge is 2.32. The number of ether oxygens (including phenoxy) is 1. The molecular formula is C12H22N2O4. The van der Waals surface area contributed by atoms with Crippen LogP contribution in [-0.4, -0.2) is 53.8 Å². The predicted molar refractivity (Wildman–Crippen MR) is 66.4 cm³/mol. The third-order valence-electron chi connectivity index (χ3n) is 3.37. The molecule has 6 nitrogen and oxygen atoms in total. The van der Waals surface area contributed by atoms with Gasteiger partial charge in [-0.3, -0.25) is 0 Å². The fraction of sp³-hybridized carbons (Fsp3) is 0.833. The Bertz CT molecular complexity index is 319. The topological polar surface area (TPSA) is 78.9 Å². The van der Waals surface area contributed by atoms with E-state index in [1.165, 1.54) is 4.90 Å². The first kappa shape index (κ1) is 14.8. The minimum atomic E-state index is -1.01. The van der Waals surface area contributed by atoms with Crippen molar-refractivity contribution >= 4 is 12.0 Å². The lowest BCUT2D eigenvalue weighted by molar-refractivity contribution is -0.140. The Kier molecular flexibility index (Phi) is 4.95. The molecule has 0 radical (unpaired) electrons. The maximum absolute atomic E-state index is 12.0. The van der Waals surface area contributed by atoms with Crippen LogP contribution in [0.15, 0.2) is 0 Å². The lowest BCUT2D eigenvalue weighted by Crippen LogP contribution is -2.52. The van der Waals surface area contributed by atoms with Gasteiger partial charge in [-0.25, -0.2) is 9.59 Å². The fourth-order valence-electron chi connectivity index (χ4n) is 2.13. The number of nitrogens with zero attached hydrogens (tertiary/aromatic N) is 1. The number of carbonyl (C=O) groups excluding carboxylic acids is 1. The molecule has 2 unspecified atom stereocenters. The summed E-state index contributed by atoms with van der Waals surface area (Å²) in [4.78, 5) is 24.6. The average molecular weight is 258 g/mol. The molecule has 1 aliphatic rings. The highest BCUT2D eigenvalue weighted by molar-refractivity contribution is 5.82. The van der Waals surface area contributed by atoms with E-state index in [0.29, 0.717) is 6.61 Å². The normalized spacial score (nSPS) is 24.9. The molecule has 3 atom stereocenters. The van der Waals surface area contributed by atoms with Crippen LogP contribution < -0.4 is 5.32 Å². The first-order valence-electron chi connectivity index (χ1n) is 6.22. The Balaban J connectivity index is 2.61. The summed E-state index contributed by atoms with van der Waals surface area (Å²) in [7, 11) is 1.67. The summed E-state index contributed by atoms with van der Waals surface area (Å²) in [5.74, 6) is -1.17. The van der Waals surface area contributed by atoms with Crippen LogP contribution in [0.1, 0.15) is 27.2 Å². The van der Waals surface area contributed by atoms with E-state index in [9.17, 15) is 9.59 Å². The number of hydrogen-bond acceptors (Lipinski definition) is 3. The molecule has 1 heterocycles. The number of carbonyl (C=O) groups is 2. The highest BCUT2D eigenvalue weighted by Crippen LogP contribution is 2.18. The predicted octanol–water partition coefficient (Wildman–Crippen LogP) is 0.914. The third-order valence-corrected chi connectivity index (χ3v) is 3.37. The molecule has 6 heteroatoms. The van der Waals surface area contributed by atoms with Crippen molar-refractivity contribution in [3.8, 4) is 0 Å². The maximum Gasteiger partial charge on any atom is 0.326 e. The van der Waals surface area contributed by atoms with Gasteiger partial charge in [0.2, 0.25) is 0 Å². The molecule has 0 aromatic rings. The number of rotatable bonds is 4. The van der Waals surface area contributed by atoms with E-state index in [0.717, 1.165) is 6.42 Å². The molecule has 0 aromatic heterocycles. The van der Waals surface area contributed by atoms with E-state index in [1.807, 2.05) is 6.92 Å². The summed E-state index contributed by atoms with van der Waals surface area (Å²) >= 11 is 0. The zero-order chi connectivity index (χ0) is 13.9. The van der Waals surface area contributed by atoms with Crippen molar-refractivity contribution in [3.63, 3.8) is 0 Å². The second-order valence-corrected chi connectivity index (χ2v) is 5.05. The lowest BCUT2D eigenvalue weighted by Gasteiger charge is -2.29. The Labute approximate surface area is 107 Å². The lowest BCUT2D eigenvalue weighted by atomic mass is 10.1. The van der Waals surface area contributed by atoms with Gasteiger partial charge in [-0.05, 0) is 19.3 Å². The van der Waals surface area contributed by atoms with E-state index >= 15 is 0 Å². The summed E-state index contributed by atoms with van der Waals surface area (Å²) in [6, 6.07) is -1.22. The van der Waals surface area contributed by atoms with Gasteiger partial charge in [0.25, 0.3) is 0 Å². The molecule has 0 aliphatic carbocycles. The van der Waals surface area contributed by atoms with Crippen molar-refractivity contribution in [2.24, 2.45) is 5.92 Å². The average Bonchev–Trinajstić information content (AvgIpc) is 2.69. The van der Waals surface area contributed by atoms with Gasteiger partial charge >= 0.3 is 12.0 Å². The van der Waals surface area contributed by atoms with Crippen molar-refractivity contribution in [3.05, 3.63) is 0 Å². The van der Waals surface area contributed by atoms with Gasteiger partial charge in [0.05, 0.1) is 12.1 Å². The van der Waals surface area contributed by atoms with E-state index in [1.54, 1.807) is 20.9 Å². The molecule has 104 valence electrons. The quantitative estimate of drug-likeness (QED) is 0.785. The van der Waals surface area contributed by atoms with E-state index in [-0.39, 0.29) is 24.1 Å². The smallest absolute Gasteiger partial charge is 0.326 e. The second-order valence-electron chi connectivity index (χ2n) is 5.05. The van der Waals surface area contributed by atoms with Crippen LogP contribution in [0.3, 0.4) is 0 Å². The fourth-order valence-corrected chi connectivity index (χ4v) is 2.13. The van der Waals surface area contributed by atoms with Crippen LogP contribution in [0.2, 0.25) is 0 Å². The van der Waals surface area contributed by atoms with Crippen molar-refractivity contribution in [1.29, 1.82) is 0 Å². The Hall–Kier alpha value is -1.30. The van der Waals surface area contributed by atoms with Gasteiger partial charge in [-0.2, -0.15) is 0 Å². The monoisotopic (exact) mass is 258 g/mol. The largest absolute Gasteiger partial charge is 0.480 e. The molecule has 1 fully saturated rings. The minimum Gasteiger partial charge on any atom is -0.480 e. The van der Waals surface area contributed by atoms with Gasteiger partial charge < -0.3 is 20.1 Å². The zero-order valence-electron chi connectivity index (χ0n) is 11.3. The van der Waals surface area contributed by atoms with Crippen LogP contribution in [0.25, 0.3) is 0 Å². The minimum absolute atomic E-state index is 0.00612. The summed E-state index contributed by atoms with van der Waals surface area (Å²) in [5.41, 5.74) is 0. The van der Waals surface area contributed by atoms with Gasteiger partial charge in [-0.1, -0.05) is 13.8 Å². The number of carboxylic acids is 1. The molecule has 0 aromatic carbocycles. The third kappa shape index (κ3) is 3.35. The van der Waals surface area contributed by atoms with E-state index < -0.39 is 12.0 Å². The van der Waals surface area contributed by atoms with Crippen LogP contribution in [0.5, 0.6) is 0 Å². The molecule has 2 N–H and O–H groups in total. The van der Waals surface area contributed by atoms with Gasteiger partial charge in [0.15, 0.2) is 0 Å². The first-order chi connectivity index (χ1) is 8.34. The van der Waals surface area contributed by atoms with Crippen LogP contribution >= 0.6 is 0 Å². The van der Waals surface area contributed by atoms with Gasteiger partial charge in [0.1, 0.15) is 6.04 Å². The molecule has 1 rings (SSSR count). The number of hydrogen-bond donors (Lipinski definition) is 2. The molecular weight excluding hydrogens is 236 g/mol. The Morgan fingerprint density at radius 2 is 2.06 bits per heavy atom. The summed E-state index contributed by atoms with van der Waals surface area (Å²) in [6.07, 6.45) is 0.771. The van der Waals surface area contributed by atoms with Crippen molar-refractivity contribution in [1.82, 2.24) is 10.2 Å². The maximum atomic E-state index is 12.0.